The second kappa shape index (κ2) is 9.51. The van der Waals surface area contributed by atoms with Gasteiger partial charge < -0.3 is 20.1 Å². The summed E-state index contributed by atoms with van der Waals surface area (Å²) in [4.78, 5) is 34.1. The number of ether oxygens (including phenoxy) is 2. The monoisotopic (exact) mass is 308 g/mol. The number of amides is 2. The molecular formula is C15H20N2O5. The summed E-state index contributed by atoms with van der Waals surface area (Å²) >= 11 is 0. The molecule has 0 radical (unpaired) electrons. The molecule has 0 aliphatic heterocycles. The van der Waals surface area contributed by atoms with Gasteiger partial charge in [-0.25, -0.2) is 4.79 Å². The standard InChI is InChI=1S/C15H20N2O5/c1-11(18)17-13-6-4-12(5-7-13)15(20)22-10-14(19)16-8-3-9-21-2/h4-7H,3,8-10H2,1-2H3,(H,16,19)(H,17,18). The summed E-state index contributed by atoms with van der Waals surface area (Å²) in [5.74, 6) is -1.15. The lowest BCUT2D eigenvalue weighted by atomic mass is 10.2. The summed E-state index contributed by atoms with van der Waals surface area (Å²) in [6.07, 6.45) is 0.695. The molecule has 2 amide bonds. The van der Waals surface area contributed by atoms with Crippen LogP contribution in [0.4, 0.5) is 5.69 Å². The van der Waals surface area contributed by atoms with Crippen LogP contribution >= 0.6 is 0 Å². The Morgan fingerprint density at radius 2 is 1.82 bits per heavy atom. The Kier molecular flexibility index (Phi) is 7.63. The van der Waals surface area contributed by atoms with Crippen LogP contribution in [0.25, 0.3) is 0 Å². The van der Waals surface area contributed by atoms with Gasteiger partial charge in [-0.15, -0.1) is 0 Å². The third kappa shape index (κ3) is 6.85. The lowest BCUT2D eigenvalue weighted by Crippen LogP contribution is -2.30. The number of esters is 1. The van der Waals surface area contributed by atoms with E-state index in [0.717, 1.165) is 0 Å². The number of methoxy groups -OCH3 is 1. The summed E-state index contributed by atoms with van der Waals surface area (Å²) in [5, 5.41) is 5.20. The van der Waals surface area contributed by atoms with Crippen molar-refractivity contribution < 1.29 is 23.9 Å². The topological polar surface area (TPSA) is 93.7 Å². The molecule has 22 heavy (non-hydrogen) atoms. The Morgan fingerprint density at radius 3 is 2.41 bits per heavy atom. The van der Waals surface area contributed by atoms with Gasteiger partial charge in [-0.1, -0.05) is 0 Å². The molecule has 0 aromatic heterocycles. The van der Waals surface area contributed by atoms with Crippen LogP contribution in [0.3, 0.4) is 0 Å². The highest BCUT2D eigenvalue weighted by molar-refractivity contribution is 5.93. The van der Waals surface area contributed by atoms with Crippen molar-refractivity contribution in [1.82, 2.24) is 5.32 Å². The quantitative estimate of drug-likeness (QED) is 0.551. The van der Waals surface area contributed by atoms with Crippen LogP contribution in [-0.2, 0) is 19.1 Å². The lowest BCUT2D eigenvalue weighted by Gasteiger charge is -2.07. The Hall–Kier alpha value is -2.41. The van der Waals surface area contributed by atoms with E-state index >= 15 is 0 Å². The minimum Gasteiger partial charge on any atom is -0.452 e. The smallest absolute Gasteiger partial charge is 0.338 e. The molecule has 1 aromatic rings. The summed E-state index contributed by atoms with van der Waals surface area (Å²) in [5.41, 5.74) is 0.890. The average Bonchev–Trinajstić information content (AvgIpc) is 2.49. The van der Waals surface area contributed by atoms with Gasteiger partial charge in [-0.2, -0.15) is 0 Å². The van der Waals surface area contributed by atoms with Crippen molar-refractivity contribution in [3.63, 3.8) is 0 Å². The fourth-order valence-electron chi connectivity index (χ4n) is 1.60. The largest absolute Gasteiger partial charge is 0.452 e. The van der Waals surface area contributed by atoms with E-state index in [9.17, 15) is 14.4 Å². The predicted octanol–water partition coefficient (Wildman–Crippen LogP) is 0.954. The van der Waals surface area contributed by atoms with Crippen LogP contribution in [0.5, 0.6) is 0 Å². The van der Waals surface area contributed by atoms with Gasteiger partial charge in [-0.05, 0) is 30.7 Å². The first kappa shape index (κ1) is 17.6. The van der Waals surface area contributed by atoms with Gasteiger partial charge in [0.15, 0.2) is 6.61 Å². The maximum Gasteiger partial charge on any atom is 0.338 e. The van der Waals surface area contributed by atoms with Crippen molar-refractivity contribution in [3.05, 3.63) is 29.8 Å². The van der Waals surface area contributed by atoms with Crippen molar-refractivity contribution >= 4 is 23.5 Å². The molecule has 0 fully saturated rings. The highest BCUT2D eigenvalue weighted by Crippen LogP contribution is 2.10. The van der Waals surface area contributed by atoms with E-state index in [1.165, 1.54) is 19.1 Å². The Labute approximate surface area is 129 Å². The van der Waals surface area contributed by atoms with Gasteiger partial charge in [0.25, 0.3) is 5.91 Å². The van der Waals surface area contributed by atoms with Crippen LogP contribution in [0.1, 0.15) is 23.7 Å². The van der Waals surface area contributed by atoms with Gasteiger partial charge >= 0.3 is 5.97 Å². The maximum atomic E-state index is 11.7. The fraction of sp³-hybridized carbons (Fsp3) is 0.400. The number of carbonyl (C=O) groups excluding carboxylic acids is 3. The van der Waals surface area contributed by atoms with Crippen molar-refractivity contribution in [2.45, 2.75) is 13.3 Å². The first-order valence-electron chi connectivity index (χ1n) is 6.83. The van der Waals surface area contributed by atoms with E-state index in [2.05, 4.69) is 10.6 Å². The first-order valence-corrected chi connectivity index (χ1v) is 6.83. The molecule has 2 N–H and O–H groups in total. The fourth-order valence-corrected chi connectivity index (χ4v) is 1.60. The van der Waals surface area contributed by atoms with Crippen molar-refractivity contribution in [2.24, 2.45) is 0 Å². The molecular weight excluding hydrogens is 288 g/mol. The minimum atomic E-state index is -0.596. The minimum absolute atomic E-state index is 0.194. The number of carbonyl (C=O) groups is 3. The first-order chi connectivity index (χ1) is 10.5. The van der Waals surface area contributed by atoms with Crippen LogP contribution < -0.4 is 10.6 Å². The molecule has 1 aromatic carbocycles. The molecule has 0 atom stereocenters. The highest BCUT2D eigenvalue weighted by atomic mass is 16.5. The summed E-state index contributed by atoms with van der Waals surface area (Å²) in [6, 6.07) is 6.21. The number of rotatable bonds is 8. The molecule has 120 valence electrons. The Bertz CT molecular complexity index is 513. The van der Waals surface area contributed by atoms with E-state index in [-0.39, 0.29) is 18.4 Å². The zero-order chi connectivity index (χ0) is 16.4. The van der Waals surface area contributed by atoms with E-state index < -0.39 is 5.97 Å². The average molecular weight is 308 g/mol. The van der Waals surface area contributed by atoms with Crippen molar-refractivity contribution in [1.29, 1.82) is 0 Å². The molecule has 0 heterocycles. The van der Waals surface area contributed by atoms with Gasteiger partial charge in [0.05, 0.1) is 5.56 Å². The number of anilines is 1. The lowest BCUT2D eigenvalue weighted by molar-refractivity contribution is -0.124. The number of hydrogen-bond acceptors (Lipinski definition) is 5. The summed E-state index contributed by atoms with van der Waals surface area (Å²) in [6.45, 7) is 2.09. The van der Waals surface area contributed by atoms with Crippen molar-refractivity contribution in [3.8, 4) is 0 Å². The van der Waals surface area contributed by atoms with E-state index in [1.54, 1.807) is 19.2 Å². The van der Waals surface area contributed by atoms with Crippen LogP contribution in [-0.4, -0.2) is 44.7 Å². The zero-order valence-corrected chi connectivity index (χ0v) is 12.7. The van der Waals surface area contributed by atoms with E-state index in [4.69, 9.17) is 9.47 Å². The zero-order valence-electron chi connectivity index (χ0n) is 12.7. The number of hydrogen-bond donors (Lipinski definition) is 2. The number of nitrogens with one attached hydrogen (secondary N) is 2. The summed E-state index contributed by atoms with van der Waals surface area (Å²) in [7, 11) is 1.58. The van der Waals surface area contributed by atoms with Crippen LogP contribution in [0.15, 0.2) is 24.3 Å². The molecule has 7 heteroatoms. The molecule has 0 saturated heterocycles. The van der Waals surface area contributed by atoms with E-state index in [0.29, 0.717) is 30.8 Å². The van der Waals surface area contributed by atoms with Gasteiger partial charge in [-0.3, -0.25) is 9.59 Å². The SMILES string of the molecule is COCCCNC(=O)COC(=O)c1ccc(NC(C)=O)cc1. The molecule has 0 spiro atoms. The van der Waals surface area contributed by atoms with Gasteiger partial charge in [0, 0.05) is 32.9 Å². The molecule has 0 aliphatic carbocycles. The molecule has 0 saturated carbocycles. The third-order valence-corrected chi connectivity index (χ3v) is 2.62. The maximum absolute atomic E-state index is 11.7. The molecule has 0 aliphatic rings. The second-order valence-corrected chi connectivity index (χ2v) is 4.53. The Morgan fingerprint density at radius 1 is 1.14 bits per heavy atom. The molecule has 0 unspecified atom stereocenters. The van der Waals surface area contributed by atoms with E-state index in [1.807, 2.05) is 0 Å². The van der Waals surface area contributed by atoms with Crippen LogP contribution in [0.2, 0.25) is 0 Å². The summed E-state index contributed by atoms with van der Waals surface area (Å²) < 4.78 is 9.75. The molecule has 0 bridgehead atoms. The van der Waals surface area contributed by atoms with Crippen LogP contribution in [0, 0.1) is 0 Å². The highest BCUT2D eigenvalue weighted by Gasteiger charge is 2.10. The van der Waals surface area contributed by atoms with Crippen molar-refractivity contribution in [2.75, 3.05) is 32.2 Å². The number of benzene rings is 1. The van der Waals surface area contributed by atoms with Gasteiger partial charge in [0.2, 0.25) is 5.91 Å². The predicted molar refractivity (Wildman–Crippen MR) is 80.5 cm³/mol. The molecule has 1 rings (SSSR count). The molecule has 7 nitrogen and oxygen atoms in total. The van der Waals surface area contributed by atoms with Gasteiger partial charge in [0.1, 0.15) is 0 Å². The second-order valence-electron chi connectivity index (χ2n) is 4.53. The Balaban J connectivity index is 2.35. The normalized spacial score (nSPS) is 9.91. The third-order valence-electron chi connectivity index (χ3n) is 2.62.